The van der Waals surface area contributed by atoms with E-state index in [0.717, 1.165) is 11.3 Å². The molecule has 0 unspecified atom stereocenters. The van der Waals surface area contributed by atoms with Crippen molar-refractivity contribution in [1.29, 1.82) is 0 Å². The van der Waals surface area contributed by atoms with Crippen molar-refractivity contribution < 1.29 is 29.0 Å². The number of hydrogen-bond donors (Lipinski definition) is 3. The molecule has 3 aromatic rings. The van der Waals surface area contributed by atoms with Gasteiger partial charge < -0.3 is 10.6 Å². The van der Waals surface area contributed by atoms with Crippen molar-refractivity contribution in [2.45, 2.75) is 11.8 Å². The number of hydrogen-bond acceptors (Lipinski definition) is 6. The maximum atomic E-state index is 12.7. The van der Waals surface area contributed by atoms with Crippen molar-refractivity contribution in [1.82, 2.24) is 0 Å². The number of aryl methyl sites for hydroxylation is 1. The van der Waals surface area contributed by atoms with E-state index in [0.29, 0.717) is 21.7 Å². The van der Waals surface area contributed by atoms with Gasteiger partial charge in [-0.25, -0.2) is 13.2 Å². The Labute approximate surface area is 164 Å². The third-order valence-electron chi connectivity index (χ3n) is 3.84. The van der Waals surface area contributed by atoms with E-state index in [9.17, 15) is 23.2 Å². The van der Waals surface area contributed by atoms with Gasteiger partial charge in [-0.2, -0.15) is 0 Å². The summed E-state index contributed by atoms with van der Waals surface area (Å²) in [5.41, 5.74) is 1.59. The summed E-state index contributed by atoms with van der Waals surface area (Å²) >= 11 is 0.949. The summed E-state index contributed by atoms with van der Waals surface area (Å²) in [7, 11) is -3.94. The number of carbonyl (C=O) groups is 1. The first-order chi connectivity index (χ1) is 12.8. The van der Waals surface area contributed by atoms with E-state index in [-0.39, 0.29) is 20.9 Å². The van der Waals surface area contributed by atoms with Crippen molar-refractivity contribution in [3.8, 4) is 10.4 Å². The Bertz CT molecular complexity index is 1120. The van der Waals surface area contributed by atoms with Gasteiger partial charge in [0, 0.05) is 27.1 Å². The largest absolute Gasteiger partial charge is 0.870 e. The van der Waals surface area contributed by atoms with Crippen LogP contribution in [0.4, 0.5) is 11.4 Å². The van der Waals surface area contributed by atoms with Gasteiger partial charge in [-0.1, -0.05) is 18.2 Å². The van der Waals surface area contributed by atoms with Gasteiger partial charge in [-0.15, -0.1) is 11.3 Å². The molecule has 0 saturated heterocycles. The zero-order valence-electron chi connectivity index (χ0n) is 14.5. The zero-order chi connectivity index (χ0) is 19.6. The number of sulfonamides is 1. The van der Waals surface area contributed by atoms with Crippen molar-refractivity contribution in [3.63, 3.8) is 0 Å². The number of benzene rings is 2. The molecular weight excluding hydrogens is 404 g/mol. The van der Waals surface area contributed by atoms with Crippen LogP contribution in [0, 0.1) is 11.8 Å². The highest BCUT2D eigenvalue weighted by Gasteiger charge is 2.23. The van der Waals surface area contributed by atoms with E-state index in [1.165, 1.54) is 12.1 Å². The number of aromatic carboxylic acids is 1. The first kappa shape index (κ1) is 21.2. The lowest BCUT2D eigenvalue weighted by Crippen LogP contribution is -2.55. The first-order valence-corrected chi connectivity index (χ1v) is 10.1. The van der Waals surface area contributed by atoms with Crippen LogP contribution >= 0.6 is 11.3 Å². The number of nitrogens with one attached hydrogen (secondary N) is 2. The number of carboxylic acids is 1. The Kier molecular flexibility index (Phi) is 6.29. The van der Waals surface area contributed by atoms with Gasteiger partial charge >= 0.3 is 5.97 Å². The van der Waals surface area contributed by atoms with Crippen molar-refractivity contribution in [2.75, 3.05) is 4.72 Å². The Morgan fingerprint density at radius 2 is 1.75 bits per heavy atom. The van der Waals surface area contributed by atoms with Gasteiger partial charge in [-0.3, -0.25) is 4.72 Å². The molecule has 0 amide bonds. The molecule has 3 rings (SSSR count). The molecule has 28 heavy (non-hydrogen) atoms. The molecule has 1 aromatic heterocycles. The van der Waals surface area contributed by atoms with Crippen molar-refractivity contribution >= 4 is 38.7 Å². The SMILES string of the molecule is Cc1ccccc1S(=O)(=O)Nc1cc(-c2ccc([NH+]=O)cc2)sc1C(=O)O.[OH-]. The molecule has 0 aliphatic heterocycles. The molecule has 0 aliphatic rings. The maximum Gasteiger partial charge on any atom is 0.348 e. The number of anilines is 1. The minimum Gasteiger partial charge on any atom is -0.870 e. The predicted octanol–water partition coefficient (Wildman–Crippen LogP) is 2.52. The minimum absolute atomic E-state index is 0. The second kappa shape index (κ2) is 8.30. The molecular formula is C18H16N2O6S2. The minimum atomic E-state index is -3.94. The molecule has 4 N–H and O–H groups in total. The van der Waals surface area contributed by atoms with Crippen molar-refractivity contribution in [3.05, 3.63) is 69.9 Å². The molecule has 0 bridgehead atoms. The number of rotatable bonds is 6. The Hall–Kier alpha value is -3.08. The van der Waals surface area contributed by atoms with Gasteiger partial charge in [0.1, 0.15) is 4.88 Å². The van der Waals surface area contributed by atoms with Crippen LogP contribution in [0.2, 0.25) is 0 Å². The Balaban J connectivity index is 0.00000280. The van der Waals surface area contributed by atoms with Crippen molar-refractivity contribution in [2.24, 2.45) is 0 Å². The lowest BCUT2D eigenvalue weighted by atomic mass is 10.1. The average molecular weight is 420 g/mol. The van der Waals surface area contributed by atoms with E-state index < -0.39 is 16.0 Å². The molecule has 0 spiro atoms. The van der Waals surface area contributed by atoms with Gasteiger partial charge in [0.05, 0.1) is 10.6 Å². The highest BCUT2D eigenvalue weighted by atomic mass is 32.2. The lowest BCUT2D eigenvalue weighted by molar-refractivity contribution is -0.379. The van der Waals surface area contributed by atoms with Crippen LogP contribution in [0.3, 0.4) is 0 Å². The smallest absolute Gasteiger partial charge is 0.348 e. The number of thiophene rings is 1. The molecule has 0 aliphatic carbocycles. The fourth-order valence-corrected chi connectivity index (χ4v) is 4.86. The Morgan fingerprint density at radius 3 is 2.32 bits per heavy atom. The van der Waals surface area contributed by atoms with E-state index in [1.807, 2.05) is 0 Å². The second-order valence-electron chi connectivity index (χ2n) is 5.71. The summed E-state index contributed by atoms with van der Waals surface area (Å²) in [6.45, 7) is 1.66. The maximum absolute atomic E-state index is 12.7. The third-order valence-corrected chi connectivity index (χ3v) is 6.54. The fraction of sp³-hybridized carbons (Fsp3) is 0.0556. The molecule has 8 nitrogen and oxygen atoms in total. The standard InChI is InChI=1S/C18H14N2O5S2.H2O/c1-11-4-2-3-5-16(11)27(24,25)20-14-10-15(26-17(14)18(21)22)12-6-8-13(19-23)9-7-12;/h2-10,20H,1H3,(H,21,22);1H2. The highest BCUT2D eigenvalue weighted by molar-refractivity contribution is 7.92. The fourth-order valence-electron chi connectivity index (χ4n) is 2.53. The summed E-state index contributed by atoms with van der Waals surface area (Å²) in [5, 5.41) is 11.2. The number of nitroso groups, excluding NO2 is 1. The van der Waals surface area contributed by atoms with E-state index in [2.05, 4.69) is 4.72 Å². The van der Waals surface area contributed by atoms with Crippen LogP contribution in [0.15, 0.2) is 59.5 Å². The van der Waals surface area contributed by atoms with Crippen LogP contribution in [0.1, 0.15) is 15.2 Å². The average Bonchev–Trinajstić information content (AvgIpc) is 3.05. The normalized spacial score (nSPS) is 10.8. The Morgan fingerprint density at radius 1 is 1.11 bits per heavy atom. The number of carboxylic acid groups (broad SMARTS) is 1. The molecule has 0 fully saturated rings. The van der Waals surface area contributed by atoms with Crippen LogP contribution in [0.25, 0.3) is 10.4 Å². The van der Waals surface area contributed by atoms with Gasteiger partial charge in [0.15, 0.2) is 0 Å². The topological polar surface area (TPSA) is 145 Å². The quantitative estimate of drug-likeness (QED) is 0.559. The molecule has 1 heterocycles. The molecule has 10 heteroatoms. The molecule has 146 valence electrons. The lowest BCUT2D eigenvalue weighted by Gasteiger charge is -2.09. The van der Waals surface area contributed by atoms with E-state index in [1.54, 1.807) is 54.6 Å². The van der Waals surface area contributed by atoms with Gasteiger partial charge in [0.25, 0.3) is 15.7 Å². The van der Waals surface area contributed by atoms with Gasteiger partial charge in [0.2, 0.25) is 0 Å². The molecule has 0 atom stereocenters. The zero-order valence-corrected chi connectivity index (χ0v) is 16.2. The summed E-state index contributed by atoms with van der Waals surface area (Å²) in [6.07, 6.45) is 0. The van der Waals surface area contributed by atoms with Crippen LogP contribution in [-0.4, -0.2) is 25.0 Å². The van der Waals surface area contributed by atoms with E-state index in [4.69, 9.17) is 0 Å². The van der Waals surface area contributed by atoms with Crippen LogP contribution in [-0.2, 0) is 10.0 Å². The van der Waals surface area contributed by atoms with Gasteiger partial charge in [-0.05, 0) is 42.3 Å². The third kappa shape index (κ3) is 4.25. The van der Waals surface area contributed by atoms with Crippen LogP contribution in [0.5, 0.6) is 0 Å². The summed E-state index contributed by atoms with van der Waals surface area (Å²) in [4.78, 5) is 22.8. The van der Waals surface area contributed by atoms with Crippen LogP contribution < -0.4 is 9.90 Å². The van der Waals surface area contributed by atoms with E-state index >= 15 is 0 Å². The molecule has 0 saturated carbocycles. The molecule has 0 radical (unpaired) electrons. The second-order valence-corrected chi connectivity index (χ2v) is 8.41. The molecule has 2 aromatic carbocycles. The predicted molar refractivity (Wildman–Crippen MR) is 105 cm³/mol. The monoisotopic (exact) mass is 420 g/mol. The summed E-state index contributed by atoms with van der Waals surface area (Å²) < 4.78 is 27.7. The highest BCUT2D eigenvalue weighted by Crippen LogP contribution is 2.36. The summed E-state index contributed by atoms with van der Waals surface area (Å²) in [5.74, 6) is -1.23. The first-order valence-electron chi connectivity index (χ1n) is 7.76. The summed E-state index contributed by atoms with van der Waals surface area (Å²) in [6, 6.07) is 14.3.